The highest BCUT2D eigenvalue weighted by molar-refractivity contribution is 5.75. The van der Waals surface area contributed by atoms with Gasteiger partial charge in [0, 0.05) is 51.2 Å². The van der Waals surface area contributed by atoms with Gasteiger partial charge in [0.05, 0.1) is 6.33 Å². The van der Waals surface area contributed by atoms with Crippen molar-refractivity contribution >= 4 is 11.7 Å². The van der Waals surface area contributed by atoms with Gasteiger partial charge in [-0.2, -0.15) is 0 Å². The maximum absolute atomic E-state index is 11.9. The minimum absolute atomic E-state index is 0.0279. The highest BCUT2D eigenvalue weighted by Gasteiger charge is 2.36. The monoisotopic (exact) mass is 329 g/mol. The van der Waals surface area contributed by atoms with E-state index in [1.54, 1.807) is 18.7 Å². The number of carbonyl (C=O) groups excluding carboxylic acids is 1. The molecule has 1 fully saturated rings. The second kappa shape index (κ2) is 7.44. The van der Waals surface area contributed by atoms with E-state index in [1.807, 2.05) is 33.9 Å². The molecular formula is C17H23N5O2. The Bertz CT molecular complexity index is 646. The van der Waals surface area contributed by atoms with Crippen LogP contribution < -0.4 is 10.2 Å². The van der Waals surface area contributed by atoms with Crippen LogP contribution in [0.5, 0.6) is 0 Å². The normalized spacial score (nSPS) is 20.3. The Morgan fingerprint density at radius 3 is 3.04 bits per heavy atom. The first-order chi connectivity index (χ1) is 11.6. The second-order valence-corrected chi connectivity index (χ2v) is 6.26. The number of imidazole rings is 1. The number of nitrogens with one attached hydrogen (secondary N) is 1. The van der Waals surface area contributed by atoms with Gasteiger partial charge in [0.25, 0.3) is 0 Å². The number of nitrogens with zero attached hydrogens (tertiary/aromatic N) is 4. The molecule has 2 aromatic heterocycles. The van der Waals surface area contributed by atoms with Gasteiger partial charge in [0.2, 0.25) is 5.91 Å². The summed E-state index contributed by atoms with van der Waals surface area (Å²) < 4.78 is 1.95. The van der Waals surface area contributed by atoms with Crippen LogP contribution in [0, 0.1) is 0 Å². The molecule has 1 aliphatic heterocycles. The Morgan fingerprint density at radius 1 is 1.38 bits per heavy atom. The highest BCUT2D eigenvalue weighted by atomic mass is 16.3. The number of amides is 1. The fourth-order valence-electron chi connectivity index (χ4n) is 2.93. The summed E-state index contributed by atoms with van der Waals surface area (Å²) in [7, 11) is 0. The Kier molecular flexibility index (Phi) is 5.10. The van der Waals surface area contributed by atoms with Gasteiger partial charge in [-0.1, -0.05) is 6.07 Å². The summed E-state index contributed by atoms with van der Waals surface area (Å²) in [5, 5.41) is 13.5. The largest absolute Gasteiger partial charge is 0.386 e. The van der Waals surface area contributed by atoms with Crippen molar-refractivity contribution in [3.05, 3.63) is 43.1 Å². The first-order valence-electron chi connectivity index (χ1n) is 8.25. The minimum Gasteiger partial charge on any atom is -0.386 e. The maximum Gasteiger partial charge on any atom is 0.220 e. The third kappa shape index (κ3) is 4.32. The predicted molar refractivity (Wildman–Crippen MR) is 90.5 cm³/mol. The van der Waals surface area contributed by atoms with E-state index in [-0.39, 0.29) is 12.5 Å². The van der Waals surface area contributed by atoms with Crippen molar-refractivity contribution in [1.82, 2.24) is 19.9 Å². The van der Waals surface area contributed by atoms with E-state index in [4.69, 9.17) is 0 Å². The summed E-state index contributed by atoms with van der Waals surface area (Å²) in [5.74, 6) is 0.833. The average Bonchev–Trinajstić information content (AvgIpc) is 3.24. The van der Waals surface area contributed by atoms with Crippen LogP contribution in [-0.4, -0.2) is 50.8 Å². The molecule has 1 atom stereocenters. The van der Waals surface area contributed by atoms with E-state index in [9.17, 15) is 9.90 Å². The average molecular weight is 329 g/mol. The van der Waals surface area contributed by atoms with Crippen LogP contribution in [0.1, 0.15) is 19.3 Å². The van der Waals surface area contributed by atoms with Crippen molar-refractivity contribution < 1.29 is 9.90 Å². The summed E-state index contributed by atoms with van der Waals surface area (Å²) in [4.78, 5) is 22.3. The molecule has 0 saturated carbocycles. The van der Waals surface area contributed by atoms with Gasteiger partial charge in [0.1, 0.15) is 11.4 Å². The van der Waals surface area contributed by atoms with Gasteiger partial charge in [-0.3, -0.25) is 4.79 Å². The zero-order chi connectivity index (χ0) is 16.8. The van der Waals surface area contributed by atoms with Gasteiger partial charge in [-0.05, 0) is 25.0 Å². The van der Waals surface area contributed by atoms with Crippen molar-refractivity contribution in [3.8, 4) is 0 Å². The van der Waals surface area contributed by atoms with Crippen LogP contribution >= 0.6 is 0 Å². The Labute approximate surface area is 141 Å². The molecule has 0 aromatic carbocycles. The fraction of sp³-hybridized carbons (Fsp3) is 0.471. The van der Waals surface area contributed by atoms with Gasteiger partial charge in [-0.25, -0.2) is 9.97 Å². The van der Waals surface area contributed by atoms with E-state index in [1.165, 1.54) is 0 Å². The molecule has 3 rings (SSSR count). The quantitative estimate of drug-likeness (QED) is 0.786. The van der Waals surface area contributed by atoms with Crippen molar-refractivity contribution in [2.75, 3.05) is 24.5 Å². The third-order valence-electron chi connectivity index (χ3n) is 4.30. The van der Waals surface area contributed by atoms with E-state index in [0.717, 1.165) is 25.3 Å². The molecule has 1 unspecified atom stereocenters. The van der Waals surface area contributed by atoms with Gasteiger partial charge in [0.15, 0.2) is 0 Å². The Hall–Kier alpha value is -2.41. The summed E-state index contributed by atoms with van der Waals surface area (Å²) in [6, 6.07) is 5.73. The number of carbonyl (C=O) groups is 1. The van der Waals surface area contributed by atoms with Gasteiger partial charge < -0.3 is 19.9 Å². The molecule has 1 aliphatic rings. The van der Waals surface area contributed by atoms with Crippen LogP contribution in [0.25, 0.3) is 0 Å². The van der Waals surface area contributed by atoms with Gasteiger partial charge >= 0.3 is 0 Å². The van der Waals surface area contributed by atoms with Crippen LogP contribution in [0.4, 0.5) is 5.82 Å². The highest BCUT2D eigenvalue weighted by Crippen LogP contribution is 2.24. The number of hydrogen-bond acceptors (Lipinski definition) is 5. The predicted octanol–water partition coefficient (Wildman–Crippen LogP) is 0.816. The lowest BCUT2D eigenvalue weighted by Gasteiger charge is -2.24. The first kappa shape index (κ1) is 16.4. The Balaban J connectivity index is 1.40. The fourth-order valence-corrected chi connectivity index (χ4v) is 2.93. The molecule has 1 amide bonds. The molecule has 0 spiro atoms. The standard InChI is InChI=1S/C17H23N5O2/c23-16(5-3-9-21-11-8-18-14-21)20-12-17(24)6-10-22(13-17)15-4-1-2-7-19-15/h1-2,4,7-8,11,14,24H,3,5-6,9-10,12-13H2,(H,20,23). The lowest BCUT2D eigenvalue weighted by atomic mass is 10.0. The van der Waals surface area contributed by atoms with E-state index in [0.29, 0.717) is 19.4 Å². The van der Waals surface area contributed by atoms with E-state index >= 15 is 0 Å². The molecule has 128 valence electrons. The number of anilines is 1. The molecular weight excluding hydrogens is 306 g/mol. The zero-order valence-electron chi connectivity index (χ0n) is 13.6. The Morgan fingerprint density at radius 2 is 2.29 bits per heavy atom. The number of pyridine rings is 1. The summed E-state index contributed by atoms with van der Waals surface area (Å²) in [6.07, 6.45) is 8.91. The van der Waals surface area contributed by atoms with Crippen molar-refractivity contribution in [3.63, 3.8) is 0 Å². The number of aromatic nitrogens is 3. The van der Waals surface area contributed by atoms with Crippen LogP contribution in [0.15, 0.2) is 43.1 Å². The van der Waals surface area contributed by atoms with Crippen molar-refractivity contribution in [2.45, 2.75) is 31.4 Å². The number of β-amino-alcohol motifs (C(OH)–C–C–N with tert-alkyl or cyclic N) is 1. The molecule has 7 nitrogen and oxygen atoms in total. The van der Waals surface area contributed by atoms with Crippen molar-refractivity contribution in [1.29, 1.82) is 0 Å². The summed E-state index contributed by atoms with van der Waals surface area (Å²) in [6.45, 7) is 2.27. The third-order valence-corrected chi connectivity index (χ3v) is 4.30. The summed E-state index contributed by atoms with van der Waals surface area (Å²) >= 11 is 0. The maximum atomic E-state index is 11.9. The molecule has 3 heterocycles. The van der Waals surface area contributed by atoms with Crippen LogP contribution in [0.3, 0.4) is 0 Å². The topological polar surface area (TPSA) is 83.3 Å². The molecule has 0 radical (unpaired) electrons. The molecule has 24 heavy (non-hydrogen) atoms. The lowest BCUT2D eigenvalue weighted by molar-refractivity contribution is -0.122. The SMILES string of the molecule is O=C(CCCn1ccnc1)NCC1(O)CCN(c2ccccn2)C1. The number of hydrogen-bond donors (Lipinski definition) is 2. The van der Waals surface area contributed by atoms with E-state index in [2.05, 4.69) is 15.3 Å². The van der Waals surface area contributed by atoms with E-state index < -0.39 is 5.60 Å². The summed E-state index contributed by atoms with van der Waals surface area (Å²) in [5.41, 5.74) is -0.891. The number of aliphatic hydroxyl groups is 1. The smallest absolute Gasteiger partial charge is 0.220 e. The molecule has 7 heteroatoms. The molecule has 1 saturated heterocycles. The zero-order valence-corrected chi connectivity index (χ0v) is 13.6. The van der Waals surface area contributed by atoms with Crippen molar-refractivity contribution in [2.24, 2.45) is 0 Å². The molecule has 2 aromatic rings. The first-order valence-corrected chi connectivity index (χ1v) is 8.25. The number of rotatable bonds is 7. The number of aryl methyl sites for hydroxylation is 1. The van der Waals surface area contributed by atoms with Gasteiger partial charge in [-0.15, -0.1) is 0 Å². The molecule has 2 N–H and O–H groups in total. The van der Waals surface area contributed by atoms with Crippen LogP contribution in [-0.2, 0) is 11.3 Å². The minimum atomic E-state index is -0.891. The second-order valence-electron chi connectivity index (χ2n) is 6.26. The molecule has 0 bridgehead atoms. The molecule has 0 aliphatic carbocycles. The van der Waals surface area contributed by atoms with Crippen LogP contribution in [0.2, 0.25) is 0 Å². The lowest BCUT2D eigenvalue weighted by Crippen LogP contribution is -2.45.